The van der Waals surface area contributed by atoms with Gasteiger partial charge in [-0.05, 0) is 44.7 Å². The molecule has 2 atom stereocenters. The van der Waals surface area contributed by atoms with Crippen molar-refractivity contribution in [2.45, 2.75) is 50.8 Å². The third-order valence-corrected chi connectivity index (χ3v) is 4.04. The highest BCUT2D eigenvalue weighted by Crippen LogP contribution is 2.39. The zero-order valence-corrected chi connectivity index (χ0v) is 9.76. The van der Waals surface area contributed by atoms with Crippen molar-refractivity contribution >= 4 is 5.69 Å². The Kier molecular flexibility index (Phi) is 2.40. The van der Waals surface area contributed by atoms with Crippen LogP contribution < -0.4 is 4.90 Å². The highest BCUT2D eigenvalue weighted by atomic mass is 16.3. The number of rotatable bonds is 1. The maximum atomic E-state index is 9.77. The number of anilines is 1. The zero-order chi connectivity index (χ0) is 11.1. The van der Waals surface area contributed by atoms with Crippen LogP contribution in [-0.2, 0) is 0 Å². The smallest absolute Gasteiger partial charge is 0.0579 e. The van der Waals surface area contributed by atoms with Gasteiger partial charge in [0.2, 0.25) is 0 Å². The number of aryl methyl sites for hydroxylation is 1. The van der Waals surface area contributed by atoms with Crippen molar-refractivity contribution in [1.82, 2.24) is 0 Å². The minimum Gasteiger partial charge on any atom is -0.393 e. The standard InChI is InChI=1S/C14H19NO/c1-10-2-4-11(5-3-10)15-12-6-7-13(15)9-14(16)8-12/h2-5,12-14,16H,6-9H2,1H3. The van der Waals surface area contributed by atoms with Crippen molar-refractivity contribution in [1.29, 1.82) is 0 Å². The van der Waals surface area contributed by atoms with E-state index in [2.05, 4.69) is 36.1 Å². The molecule has 2 heteroatoms. The molecule has 2 aliphatic heterocycles. The molecule has 2 heterocycles. The Morgan fingerprint density at radius 2 is 1.62 bits per heavy atom. The summed E-state index contributed by atoms with van der Waals surface area (Å²) >= 11 is 0. The largest absolute Gasteiger partial charge is 0.393 e. The number of hydrogen-bond acceptors (Lipinski definition) is 2. The molecule has 2 nitrogen and oxygen atoms in total. The highest BCUT2D eigenvalue weighted by molar-refractivity contribution is 5.51. The summed E-state index contributed by atoms with van der Waals surface area (Å²) in [4.78, 5) is 2.53. The fraction of sp³-hybridized carbons (Fsp3) is 0.571. The van der Waals surface area contributed by atoms with Gasteiger partial charge in [-0.25, -0.2) is 0 Å². The summed E-state index contributed by atoms with van der Waals surface area (Å²) in [7, 11) is 0. The normalized spacial score (nSPS) is 33.1. The summed E-state index contributed by atoms with van der Waals surface area (Å²) in [6.45, 7) is 2.12. The molecule has 0 radical (unpaired) electrons. The first-order valence-electron chi connectivity index (χ1n) is 6.27. The van der Waals surface area contributed by atoms with E-state index in [-0.39, 0.29) is 6.10 Å². The number of aliphatic hydroxyl groups excluding tert-OH is 1. The van der Waals surface area contributed by atoms with Gasteiger partial charge >= 0.3 is 0 Å². The average Bonchev–Trinajstić information content (AvgIpc) is 2.54. The lowest BCUT2D eigenvalue weighted by Gasteiger charge is -2.39. The minimum absolute atomic E-state index is 0.0702. The molecule has 0 amide bonds. The van der Waals surface area contributed by atoms with E-state index >= 15 is 0 Å². The Labute approximate surface area is 96.9 Å². The fourth-order valence-electron chi connectivity index (χ4n) is 3.29. The van der Waals surface area contributed by atoms with E-state index in [0.717, 1.165) is 12.8 Å². The Hall–Kier alpha value is -1.02. The van der Waals surface area contributed by atoms with Crippen LogP contribution in [0, 0.1) is 6.92 Å². The molecule has 86 valence electrons. The van der Waals surface area contributed by atoms with Gasteiger partial charge in [-0.15, -0.1) is 0 Å². The van der Waals surface area contributed by atoms with E-state index in [1.54, 1.807) is 0 Å². The zero-order valence-electron chi connectivity index (χ0n) is 9.76. The van der Waals surface area contributed by atoms with Crippen molar-refractivity contribution in [3.63, 3.8) is 0 Å². The van der Waals surface area contributed by atoms with Gasteiger partial charge in [0.15, 0.2) is 0 Å². The third-order valence-electron chi connectivity index (χ3n) is 4.04. The molecule has 0 spiro atoms. The molecule has 2 aliphatic rings. The second-order valence-electron chi connectivity index (χ2n) is 5.25. The number of benzene rings is 1. The van der Waals surface area contributed by atoms with Crippen LogP contribution >= 0.6 is 0 Å². The topological polar surface area (TPSA) is 23.5 Å². The molecule has 2 saturated heterocycles. The van der Waals surface area contributed by atoms with Crippen molar-refractivity contribution in [3.8, 4) is 0 Å². The lowest BCUT2D eigenvalue weighted by molar-refractivity contribution is 0.126. The van der Waals surface area contributed by atoms with Gasteiger partial charge in [0, 0.05) is 17.8 Å². The summed E-state index contributed by atoms with van der Waals surface area (Å²) in [5.74, 6) is 0. The molecule has 2 fully saturated rings. The summed E-state index contributed by atoms with van der Waals surface area (Å²) in [6.07, 6.45) is 4.32. The van der Waals surface area contributed by atoms with E-state index in [9.17, 15) is 5.11 Å². The Bertz CT molecular complexity index is 359. The number of fused-ring (bicyclic) bond motifs is 2. The van der Waals surface area contributed by atoms with Crippen molar-refractivity contribution < 1.29 is 5.11 Å². The summed E-state index contributed by atoms with van der Waals surface area (Å²) in [5, 5.41) is 9.77. The lowest BCUT2D eigenvalue weighted by atomic mass is 9.99. The van der Waals surface area contributed by atoms with Gasteiger partial charge in [-0.1, -0.05) is 17.7 Å². The van der Waals surface area contributed by atoms with Crippen molar-refractivity contribution in [2.24, 2.45) is 0 Å². The van der Waals surface area contributed by atoms with Crippen LogP contribution in [0.4, 0.5) is 5.69 Å². The van der Waals surface area contributed by atoms with Crippen LogP contribution in [0.5, 0.6) is 0 Å². The summed E-state index contributed by atoms with van der Waals surface area (Å²) in [5.41, 5.74) is 2.65. The minimum atomic E-state index is -0.0702. The Balaban J connectivity index is 1.88. The van der Waals surface area contributed by atoms with E-state index in [4.69, 9.17) is 0 Å². The van der Waals surface area contributed by atoms with Crippen molar-refractivity contribution in [3.05, 3.63) is 29.8 Å². The van der Waals surface area contributed by atoms with Crippen molar-refractivity contribution in [2.75, 3.05) is 4.90 Å². The molecular weight excluding hydrogens is 198 g/mol. The monoisotopic (exact) mass is 217 g/mol. The number of nitrogens with zero attached hydrogens (tertiary/aromatic N) is 1. The second-order valence-corrected chi connectivity index (χ2v) is 5.25. The van der Waals surface area contributed by atoms with Crippen LogP contribution in [0.3, 0.4) is 0 Å². The van der Waals surface area contributed by atoms with Gasteiger partial charge in [-0.2, -0.15) is 0 Å². The molecule has 0 saturated carbocycles. The number of hydrogen-bond donors (Lipinski definition) is 1. The molecule has 2 bridgehead atoms. The maximum absolute atomic E-state index is 9.77. The third kappa shape index (κ3) is 1.61. The van der Waals surface area contributed by atoms with Crippen LogP contribution in [-0.4, -0.2) is 23.3 Å². The number of aliphatic hydroxyl groups is 1. The Morgan fingerprint density at radius 1 is 1.06 bits per heavy atom. The molecule has 3 rings (SSSR count). The molecule has 0 aliphatic carbocycles. The molecule has 1 aromatic rings. The summed E-state index contributed by atoms with van der Waals surface area (Å²) < 4.78 is 0. The van der Waals surface area contributed by atoms with Crippen LogP contribution in [0.15, 0.2) is 24.3 Å². The van der Waals surface area contributed by atoms with Crippen LogP contribution in [0.1, 0.15) is 31.2 Å². The molecule has 16 heavy (non-hydrogen) atoms. The van der Waals surface area contributed by atoms with Crippen LogP contribution in [0.2, 0.25) is 0 Å². The van der Waals surface area contributed by atoms with Gasteiger partial charge < -0.3 is 10.0 Å². The fourth-order valence-corrected chi connectivity index (χ4v) is 3.29. The first-order valence-corrected chi connectivity index (χ1v) is 6.27. The van der Waals surface area contributed by atoms with Gasteiger partial charge in [0.25, 0.3) is 0 Å². The summed E-state index contributed by atoms with van der Waals surface area (Å²) in [6, 6.07) is 9.93. The van der Waals surface area contributed by atoms with E-state index < -0.39 is 0 Å². The van der Waals surface area contributed by atoms with Gasteiger partial charge in [0.1, 0.15) is 0 Å². The highest BCUT2D eigenvalue weighted by Gasteiger charge is 2.39. The van der Waals surface area contributed by atoms with E-state index in [1.165, 1.54) is 24.1 Å². The molecular formula is C14H19NO. The van der Waals surface area contributed by atoms with Crippen LogP contribution in [0.25, 0.3) is 0 Å². The SMILES string of the molecule is Cc1ccc(N2C3CCC2CC(O)C3)cc1. The first-order chi connectivity index (χ1) is 7.74. The van der Waals surface area contributed by atoms with E-state index in [1.807, 2.05) is 0 Å². The molecule has 0 aromatic heterocycles. The average molecular weight is 217 g/mol. The van der Waals surface area contributed by atoms with E-state index in [0.29, 0.717) is 12.1 Å². The second kappa shape index (κ2) is 3.77. The lowest BCUT2D eigenvalue weighted by Crippen LogP contribution is -2.44. The molecule has 1 N–H and O–H groups in total. The van der Waals surface area contributed by atoms with Gasteiger partial charge in [0.05, 0.1) is 6.10 Å². The number of piperidine rings is 1. The molecule has 2 unspecified atom stereocenters. The first kappa shape index (κ1) is 10.2. The van der Waals surface area contributed by atoms with Gasteiger partial charge in [-0.3, -0.25) is 0 Å². The predicted molar refractivity (Wildman–Crippen MR) is 65.7 cm³/mol. The predicted octanol–water partition coefficient (Wildman–Crippen LogP) is 2.49. The quantitative estimate of drug-likeness (QED) is 0.781. The maximum Gasteiger partial charge on any atom is 0.0579 e. The Morgan fingerprint density at radius 3 is 2.19 bits per heavy atom. The molecule has 1 aromatic carbocycles.